The van der Waals surface area contributed by atoms with Crippen molar-refractivity contribution in [3.05, 3.63) is 58.1 Å². The second kappa shape index (κ2) is 7.09. The Labute approximate surface area is 136 Å². The first kappa shape index (κ1) is 16.0. The van der Waals surface area contributed by atoms with Gasteiger partial charge >= 0.3 is 5.97 Å². The summed E-state index contributed by atoms with van der Waals surface area (Å²) in [5.41, 5.74) is 1.08. The maximum absolute atomic E-state index is 12.3. The highest BCUT2D eigenvalue weighted by atomic mass is 79.9. The van der Waals surface area contributed by atoms with Crippen molar-refractivity contribution in [1.29, 1.82) is 0 Å². The van der Waals surface area contributed by atoms with Crippen LogP contribution in [-0.2, 0) is 4.74 Å². The van der Waals surface area contributed by atoms with Crippen molar-refractivity contribution in [2.75, 3.05) is 19.5 Å². The van der Waals surface area contributed by atoms with Crippen LogP contribution in [0.15, 0.2) is 46.9 Å². The third-order valence-corrected chi connectivity index (χ3v) is 3.46. The van der Waals surface area contributed by atoms with Crippen LogP contribution in [0.3, 0.4) is 0 Å². The molecular weight excluding hydrogens is 350 g/mol. The van der Waals surface area contributed by atoms with E-state index in [-0.39, 0.29) is 11.5 Å². The molecule has 114 valence electrons. The van der Waals surface area contributed by atoms with Gasteiger partial charge in [-0.15, -0.1) is 0 Å². The van der Waals surface area contributed by atoms with Crippen molar-refractivity contribution >= 4 is 33.5 Å². The van der Waals surface area contributed by atoms with Crippen LogP contribution in [0.5, 0.6) is 5.75 Å². The maximum atomic E-state index is 12.3. The molecule has 0 radical (unpaired) electrons. The van der Waals surface area contributed by atoms with Gasteiger partial charge in [-0.2, -0.15) is 0 Å². The van der Waals surface area contributed by atoms with Crippen LogP contribution < -0.4 is 10.1 Å². The quantitative estimate of drug-likeness (QED) is 0.844. The molecule has 0 aliphatic carbocycles. The fourth-order valence-corrected chi connectivity index (χ4v) is 2.22. The third-order valence-electron chi connectivity index (χ3n) is 2.97. The molecule has 0 aromatic heterocycles. The number of amides is 1. The summed E-state index contributed by atoms with van der Waals surface area (Å²) in [5, 5.41) is 2.70. The summed E-state index contributed by atoms with van der Waals surface area (Å²) in [4.78, 5) is 24.1. The number of halogens is 1. The minimum atomic E-state index is -0.526. The van der Waals surface area contributed by atoms with Crippen LogP contribution in [0.2, 0.25) is 0 Å². The number of benzene rings is 2. The molecule has 0 saturated carbocycles. The zero-order valence-electron chi connectivity index (χ0n) is 12.1. The molecule has 2 aromatic carbocycles. The lowest BCUT2D eigenvalue weighted by atomic mass is 10.1. The summed E-state index contributed by atoms with van der Waals surface area (Å²) in [7, 11) is 2.82. The minimum Gasteiger partial charge on any atom is -0.497 e. The van der Waals surface area contributed by atoms with E-state index in [2.05, 4.69) is 21.2 Å². The van der Waals surface area contributed by atoms with Gasteiger partial charge in [-0.05, 0) is 36.4 Å². The molecule has 0 spiro atoms. The number of carbonyl (C=O) groups excluding carboxylic acids is 2. The molecule has 0 aliphatic heterocycles. The van der Waals surface area contributed by atoms with Gasteiger partial charge in [0.25, 0.3) is 5.91 Å². The Balaban J connectivity index is 2.30. The highest BCUT2D eigenvalue weighted by Gasteiger charge is 2.15. The zero-order valence-corrected chi connectivity index (χ0v) is 13.6. The van der Waals surface area contributed by atoms with Crippen LogP contribution in [0.1, 0.15) is 20.7 Å². The van der Waals surface area contributed by atoms with E-state index in [0.717, 1.165) is 0 Å². The minimum absolute atomic E-state index is 0.271. The van der Waals surface area contributed by atoms with Crippen molar-refractivity contribution in [3.63, 3.8) is 0 Å². The standard InChI is InChI=1S/C16H14BrNO4/c1-21-12-5-3-4-10(8-12)15(19)18-14-7-6-11(17)9-13(14)16(20)22-2/h3-9H,1-2H3,(H,18,19). The van der Waals surface area contributed by atoms with E-state index in [4.69, 9.17) is 9.47 Å². The van der Waals surface area contributed by atoms with Crippen molar-refractivity contribution in [1.82, 2.24) is 0 Å². The Hall–Kier alpha value is -2.34. The molecule has 0 aliphatic rings. The molecule has 1 N–H and O–H groups in total. The summed E-state index contributed by atoms with van der Waals surface area (Å²) < 4.78 is 10.5. The summed E-state index contributed by atoms with van der Waals surface area (Å²) in [6.07, 6.45) is 0. The summed E-state index contributed by atoms with van der Waals surface area (Å²) in [5.74, 6) is -0.287. The summed E-state index contributed by atoms with van der Waals surface area (Å²) in [6.45, 7) is 0. The Bertz CT molecular complexity index is 715. The molecule has 0 fully saturated rings. The first-order valence-electron chi connectivity index (χ1n) is 6.38. The molecule has 5 nitrogen and oxygen atoms in total. The third kappa shape index (κ3) is 3.65. The van der Waals surface area contributed by atoms with Gasteiger partial charge in [0.15, 0.2) is 0 Å². The Morgan fingerprint density at radius 1 is 1.09 bits per heavy atom. The Kier molecular flexibility index (Phi) is 5.16. The van der Waals surface area contributed by atoms with Crippen LogP contribution >= 0.6 is 15.9 Å². The molecule has 1 amide bonds. The summed E-state index contributed by atoms with van der Waals surface area (Å²) >= 11 is 3.29. The molecule has 0 heterocycles. The number of hydrogen-bond donors (Lipinski definition) is 1. The Morgan fingerprint density at radius 3 is 2.55 bits per heavy atom. The first-order valence-corrected chi connectivity index (χ1v) is 7.17. The van der Waals surface area contributed by atoms with Crippen LogP contribution in [0, 0.1) is 0 Å². The largest absolute Gasteiger partial charge is 0.497 e. The number of carbonyl (C=O) groups is 2. The van der Waals surface area contributed by atoms with Gasteiger partial charge in [0, 0.05) is 10.0 Å². The van der Waals surface area contributed by atoms with Crippen molar-refractivity contribution < 1.29 is 19.1 Å². The number of nitrogens with one attached hydrogen (secondary N) is 1. The van der Waals surface area contributed by atoms with Crippen LogP contribution in [-0.4, -0.2) is 26.1 Å². The maximum Gasteiger partial charge on any atom is 0.340 e. The predicted octanol–water partition coefficient (Wildman–Crippen LogP) is 3.50. The van der Waals surface area contributed by atoms with E-state index in [0.29, 0.717) is 21.5 Å². The van der Waals surface area contributed by atoms with Crippen molar-refractivity contribution in [3.8, 4) is 5.75 Å². The van der Waals surface area contributed by atoms with Gasteiger partial charge in [0.05, 0.1) is 25.5 Å². The first-order chi connectivity index (χ1) is 10.5. The fourth-order valence-electron chi connectivity index (χ4n) is 1.86. The lowest BCUT2D eigenvalue weighted by molar-refractivity contribution is 0.0602. The smallest absolute Gasteiger partial charge is 0.340 e. The van der Waals surface area contributed by atoms with Gasteiger partial charge in [0.1, 0.15) is 5.75 Å². The molecular formula is C16H14BrNO4. The number of hydrogen-bond acceptors (Lipinski definition) is 4. The lowest BCUT2D eigenvalue weighted by Crippen LogP contribution is -2.15. The Morgan fingerprint density at radius 2 is 1.86 bits per heavy atom. The fraction of sp³-hybridized carbons (Fsp3) is 0.125. The van der Waals surface area contributed by atoms with Gasteiger partial charge in [0.2, 0.25) is 0 Å². The molecule has 0 unspecified atom stereocenters. The second-order valence-electron chi connectivity index (χ2n) is 4.37. The SMILES string of the molecule is COC(=O)c1cc(Br)ccc1NC(=O)c1cccc(OC)c1. The topological polar surface area (TPSA) is 64.6 Å². The molecule has 2 aromatic rings. The molecule has 22 heavy (non-hydrogen) atoms. The number of esters is 1. The highest BCUT2D eigenvalue weighted by molar-refractivity contribution is 9.10. The molecule has 0 saturated heterocycles. The van der Waals surface area contributed by atoms with E-state index in [1.54, 1.807) is 42.5 Å². The average molecular weight is 364 g/mol. The lowest BCUT2D eigenvalue weighted by Gasteiger charge is -2.11. The second-order valence-corrected chi connectivity index (χ2v) is 5.28. The molecule has 0 bridgehead atoms. The van der Waals surface area contributed by atoms with E-state index < -0.39 is 5.97 Å². The van der Waals surface area contributed by atoms with Gasteiger partial charge in [-0.3, -0.25) is 4.79 Å². The van der Waals surface area contributed by atoms with E-state index in [1.807, 2.05) is 0 Å². The van der Waals surface area contributed by atoms with E-state index >= 15 is 0 Å². The number of anilines is 1. The van der Waals surface area contributed by atoms with E-state index in [1.165, 1.54) is 14.2 Å². The van der Waals surface area contributed by atoms with Gasteiger partial charge in [-0.1, -0.05) is 22.0 Å². The highest BCUT2D eigenvalue weighted by Crippen LogP contribution is 2.23. The van der Waals surface area contributed by atoms with Gasteiger partial charge in [-0.25, -0.2) is 4.79 Å². The predicted molar refractivity (Wildman–Crippen MR) is 86.4 cm³/mol. The molecule has 2 rings (SSSR count). The number of rotatable bonds is 4. The van der Waals surface area contributed by atoms with Crippen molar-refractivity contribution in [2.45, 2.75) is 0 Å². The summed E-state index contributed by atoms with van der Waals surface area (Å²) in [6, 6.07) is 11.7. The normalized spacial score (nSPS) is 9.95. The van der Waals surface area contributed by atoms with Crippen molar-refractivity contribution in [2.24, 2.45) is 0 Å². The van der Waals surface area contributed by atoms with Crippen LogP contribution in [0.25, 0.3) is 0 Å². The molecule has 0 atom stereocenters. The van der Waals surface area contributed by atoms with Gasteiger partial charge < -0.3 is 14.8 Å². The van der Waals surface area contributed by atoms with Crippen LogP contribution in [0.4, 0.5) is 5.69 Å². The average Bonchev–Trinajstić information content (AvgIpc) is 2.55. The van der Waals surface area contributed by atoms with E-state index in [9.17, 15) is 9.59 Å². The molecule has 6 heteroatoms. The zero-order chi connectivity index (χ0) is 16.1. The number of ether oxygens (including phenoxy) is 2. The monoisotopic (exact) mass is 363 g/mol. The number of methoxy groups -OCH3 is 2.